The molecule has 2 amide bonds. The molecule has 2 heterocycles. The lowest BCUT2D eigenvalue weighted by Crippen LogP contribution is -2.48. The number of hydrogen-bond donors (Lipinski definition) is 1. The quantitative estimate of drug-likeness (QED) is 0.625. The van der Waals surface area contributed by atoms with Gasteiger partial charge in [-0.3, -0.25) is 19.2 Å². The van der Waals surface area contributed by atoms with Crippen molar-refractivity contribution >= 4 is 17.6 Å². The number of piperazine rings is 1. The van der Waals surface area contributed by atoms with Crippen molar-refractivity contribution in [3.63, 3.8) is 0 Å². The van der Waals surface area contributed by atoms with Gasteiger partial charge in [-0.05, 0) is 17.5 Å². The van der Waals surface area contributed by atoms with Gasteiger partial charge in [0.25, 0.3) is 5.91 Å². The third kappa shape index (κ3) is 5.62. The molecule has 0 radical (unpaired) electrons. The maximum atomic E-state index is 12.9. The van der Waals surface area contributed by atoms with Crippen molar-refractivity contribution in [2.75, 3.05) is 31.5 Å². The number of rotatable bonds is 7. The van der Waals surface area contributed by atoms with E-state index in [0.29, 0.717) is 37.4 Å². The van der Waals surface area contributed by atoms with Crippen LogP contribution in [0.15, 0.2) is 66.7 Å². The van der Waals surface area contributed by atoms with Gasteiger partial charge < -0.3 is 10.2 Å². The van der Waals surface area contributed by atoms with Crippen LogP contribution < -0.4 is 5.32 Å². The van der Waals surface area contributed by atoms with Crippen LogP contribution in [0.3, 0.4) is 0 Å². The summed E-state index contributed by atoms with van der Waals surface area (Å²) in [5, 5.41) is 7.22. The first-order valence-corrected chi connectivity index (χ1v) is 11.0. The molecule has 0 unspecified atom stereocenters. The van der Waals surface area contributed by atoms with Gasteiger partial charge in [-0.25, -0.2) is 0 Å². The summed E-state index contributed by atoms with van der Waals surface area (Å²) in [5.41, 5.74) is 2.77. The van der Waals surface area contributed by atoms with E-state index in [1.54, 1.807) is 17.8 Å². The second-order valence-electron chi connectivity index (χ2n) is 8.13. The Labute approximate surface area is 188 Å². The van der Waals surface area contributed by atoms with Crippen molar-refractivity contribution in [2.24, 2.45) is 7.05 Å². The summed E-state index contributed by atoms with van der Waals surface area (Å²) in [6.45, 7) is 3.89. The topological polar surface area (TPSA) is 70.5 Å². The number of aryl methyl sites for hydroxylation is 2. The average Bonchev–Trinajstić information content (AvgIpc) is 3.19. The van der Waals surface area contributed by atoms with Crippen molar-refractivity contribution in [3.05, 3.63) is 83.6 Å². The highest BCUT2D eigenvalue weighted by molar-refractivity contribution is 5.95. The van der Waals surface area contributed by atoms with E-state index in [2.05, 4.69) is 27.4 Å². The van der Waals surface area contributed by atoms with Gasteiger partial charge in [-0.1, -0.05) is 60.7 Å². The second-order valence-corrected chi connectivity index (χ2v) is 8.13. The summed E-state index contributed by atoms with van der Waals surface area (Å²) in [4.78, 5) is 29.5. The molecule has 4 rings (SSSR count). The van der Waals surface area contributed by atoms with Crippen molar-refractivity contribution in [1.29, 1.82) is 0 Å². The summed E-state index contributed by atoms with van der Waals surface area (Å²) in [7, 11) is 1.74. The van der Waals surface area contributed by atoms with E-state index >= 15 is 0 Å². The summed E-state index contributed by atoms with van der Waals surface area (Å²) >= 11 is 0. The Morgan fingerprint density at radius 3 is 2.19 bits per heavy atom. The highest BCUT2D eigenvalue weighted by atomic mass is 16.2. The van der Waals surface area contributed by atoms with Gasteiger partial charge in [0.15, 0.2) is 5.69 Å². The van der Waals surface area contributed by atoms with E-state index in [9.17, 15) is 9.59 Å². The lowest BCUT2D eigenvalue weighted by atomic mass is 10.1. The molecule has 7 nitrogen and oxygen atoms in total. The second kappa shape index (κ2) is 10.2. The fraction of sp³-hybridized carbons (Fsp3) is 0.320. The molecular formula is C25H29N5O2. The third-order valence-electron chi connectivity index (χ3n) is 5.76. The lowest BCUT2D eigenvalue weighted by Gasteiger charge is -2.34. The maximum absolute atomic E-state index is 12.9. The number of nitrogens with one attached hydrogen (secondary N) is 1. The van der Waals surface area contributed by atoms with Crippen LogP contribution in [0.1, 0.15) is 28.0 Å². The van der Waals surface area contributed by atoms with Crippen LogP contribution in [-0.4, -0.2) is 57.6 Å². The zero-order valence-corrected chi connectivity index (χ0v) is 18.4. The first-order valence-electron chi connectivity index (χ1n) is 11.0. The molecular weight excluding hydrogens is 402 g/mol. The fourth-order valence-electron chi connectivity index (χ4n) is 3.91. The molecule has 0 bridgehead atoms. The van der Waals surface area contributed by atoms with Crippen LogP contribution in [0, 0.1) is 0 Å². The molecule has 0 spiro atoms. The monoisotopic (exact) mass is 431 g/mol. The van der Waals surface area contributed by atoms with Crippen molar-refractivity contribution in [2.45, 2.75) is 19.4 Å². The van der Waals surface area contributed by atoms with Crippen LogP contribution >= 0.6 is 0 Å². The molecule has 2 aromatic carbocycles. The number of carbonyl (C=O) groups excluding carboxylic acids is 2. The van der Waals surface area contributed by atoms with Crippen LogP contribution in [0.2, 0.25) is 0 Å². The van der Waals surface area contributed by atoms with E-state index in [-0.39, 0.29) is 11.8 Å². The number of aromatic nitrogens is 2. The van der Waals surface area contributed by atoms with Crippen LogP contribution in [0.4, 0.5) is 5.82 Å². The van der Waals surface area contributed by atoms with Gasteiger partial charge >= 0.3 is 0 Å². The van der Waals surface area contributed by atoms with Crippen molar-refractivity contribution in [3.8, 4) is 0 Å². The normalized spacial score (nSPS) is 14.3. The van der Waals surface area contributed by atoms with E-state index in [1.165, 1.54) is 5.56 Å². The number of anilines is 1. The Morgan fingerprint density at radius 2 is 1.53 bits per heavy atom. The first kappa shape index (κ1) is 21.8. The number of nitrogens with zero attached hydrogens (tertiary/aromatic N) is 4. The van der Waals surface area contributed by atoms with Gasteiger partial charge in [-0.15, -0.1) is 0 Å². The number of amides is 2. The average molecular weight is 432 g/mol. The van der Waals surface area contributed by atoms with Gasteiger partial charge in [0.2, 0.25) is 5.91 Å². The minimum absolute atomic E-state index is 0.0922. The number of carbonyl (C=O) groups is 2. The molecule has 166 valence electrons. The molecule has 1 aliphatic heterocycles. The molecule has 0 saturated carbocycles. The minimum Gasteiger partial charge on any atom is -0.335 e. The standard InChI is InChI=1S/C25H29N5O2/c1-28-23(26-24(31)13-12-20-8-4-2-5-9-20)18-22(27-28)25(32)30-16-14-29(15-17-30)19-21-10-6-3-7-11-21/h2-11,18H,12-17,19H2,1H3,(H,26,31). The number of hydrogen-bond acceptors (Lipinski definition) is 4. The predicted molar refractivity (Wildman–Crippen MR) is 124 cm³/mol. The minimum atomic E-state index is -0.0928. The molecule has 1 fully saturated rings. The SMILES string of the molecule is Cn1nc(C(=O)N2CCN(Cc3ccccc3)CC2)cc1NC(=O)CCc1ccccc1. The molecule has 32 heavy (non-hydrogen) atoms. The predicted octanol–water partition coefficient (Wildman–Crippen LogP) is 2.95. The van der Waals surface area contributed by atoms with Gasteiger partial charge in [0, 0.05) is 52.3 Å². The Bertz CT molecular complexity index is 1040. The molecule has 3 aromatic rings. The Morgan fingerprint density at radius 1 is 0.906 bits per heavy atom. The molecule has 0 atom stereocenters. The smallest absolute Gasteiger partial charge is 0.274 e. The largest absolute Gasteiger partial charge is 0.335 e. The summed E-state index contributed by atoms with van der Waals surface area (Å²) in [6.07, 6.45) is 1.05. The molecule has 1 aliphatic rings. The Hall–Kier alpha value is -3.45. The molecule has 1 N–H and O–H groups in total. The maximum Gasteiger partial charge on any atom is 0.274 e. The van der Waals surface area contributed by atoms with E-state index in [4.69, 9.17) is 0 Å². The lowest BCUT2D eigenvalue weighted by molar-refractivity contribution is -0.116. The molecule has 1 saturated heterocycles. The molecule has 7 heteroatoms. The Kier molecular flexibility index (Phi) is 6.97. The van der Waals surface area contributed by atoms with Gasteiger partial charge in [0.1, 0.15) is 5.82 Å². The summed E-state index contributed by atoms with van der Waals surface area (Å²) in [6, 6.07) is 21.9. The zero-order chi connectivity index (χ0) is 22.3. The van der Waals surface area contributed by atoms with Crippen LogP contribution in [0.5, 0.6) is 0 Å². The van der Waals surface area contributed by atoms with Gasteiger partial charge in [-0.2, -0.15) is 5.10 Å². The van der Waals surface area contributed by atoms with E-state index < -0.39 is 0 Å². The summed E-state index contributed by atoms with van der Waals surface area (Å²) < 4.78 is 1.55. The zero-order valence-electron chi connectivity index (χ0n) is 18.4. The van der Waals surface area contributed by atoms with E-state index in [1.807, 2.05) is 53.4 Å². The molecule has 1 aromatic heterocycles. The highest BCUT2D eigenvalue weighted by Gasteiger charge is 2.24. The highest BCUT2D eigenvalue weighted by Crippen LogP contribution is 2.15. The Balaban J connectivity index is 1.28. The number of benzene rings is 2. The molecule has 0 aliphatic carbocycles. The summed E-state index contributed by atoms with van der Waals surface area (Å²) in [5.74, 6) is 0.351. The van der Waals surface area contributed by atoms with E-state index in [0.717, 1.165) is 25.2 Å². The third-order valence-corrected chi connectivity index (χ3v) is 5.76. The van der Waals surface area contributed by atoms with Crippen molar-refractivity contribution < 1.29 is 9.59 Å². The van der Waals surface area contributed by atoms with Crippen LogP contribution in [0.25, 0.3) is 0 Å². The van der Waals surface area contributed by atoms with Crippen LogP contribution in [-0.2, 0) is 24.8 Å². The van der Waals surface area contributed by atoms with Crippen molar-refractivity contribution in [1.82, 2.24) is 19.6 Å². The fourth-order valence-corrected chi connectivity index (χ4v) is 3.91. The van der Waals surface area contributed by atoms with Gasteiger partial charge in [0.05, 0.1) is 0 Å². The first-order chi connectivity index (χ1) is 15.6.